The van der Waals surface area contributed by atoms with Crippen molar-refractivity contribution in [2.75, 3.05) is 26.8 Å². The van der Waals surface area contributed by atoms with Crippen LogP contribution in [-0.4, -0.2) is 71.8 Å². The predicted octanol–water partition coefficient (Wildman–Crippen LogP) is 3.71. The maximum atomic E-state index is 14.6. The molecule has 232 valence electrons. The number of aromatic amines is 1. The SMILES string of the molecule is COc1ccc2cc1OCC(=O)N[C@@H]1CN(C(=O)c3cn[nH]c3C3CCCCC3)CC[C@@H]1Oc1cc(F)cc(c1)CNC2=O. The molecule has 0 spiro atoms. The number of piperidine rings is 1. The molecule has 3 aromatic rings. The fourth-order valence-corrected chi connectivity index (χ4v) is 6.31. The topological polar surface area (TPSA) is 135 Å². The van der Waals surface area contributed by atoms with Crippen LogP contribution in [0, 0.1) is 5.82 Å². The van der Waals surface area contributed by atoms with Gasteiger partial charge in [-0.3, -0.25) is 19.5 Å². The van der Waals surface area contributed by atoms with Crippen molar-refractivity contribution >= 4 is 17.7 Å². The van der Waals surface area contributed by atoms with E-state index in [9.17, 15) is 18.8 Å². The Morgan fingerprint density at radius 3 is 2.75 bits per heavy atom. The fourth-order valence-electron chi connectivity index (χ4n) is 6.31. The zero-order valence-electron chi connectivity index (χ0n) is 24.6. The molecule has 3 N–H and O–H groups in total. The van der Waals surface area contributed by atoms with Crippen LogP contribution in [0.25, 0.3) is 0 Å². The molecule has 1 aromatic heterocycles. The first-order valence-corrected chi connectivity index (χ1v) is 15.0. The highest BCUT2D eigenvalue weighted by molar-refractivity contribution is 5.96. The zero-order chi connectivity index (χ0) is 30.6. The van der Waals surface area contributed by atoms with Crippen LogP contribution in [0.4, 0.5) is 4.39 Å². The average Bonchev–Trinajstić information content (AvgIpc) is 3.53. The molecule has 3 heterocycles. The van der Waals surface area contributed by atoms with Crippen LogP contribution in [0.2, 0.25) is 0 Å². The van der Waals surface area contributed by atoms with Crippen molar-refractivity contribution < 1.29 is 33.0 Å². The first kappa shape index (κ1) is 29.5. The van der Waals surface area contributed by atoms with Gasteiger partial charge in [-0.05, 0) is 48.7 Å². The van der Waals surface area contributed by atoms with E-state index in [1.54, 1.807) is 29.3 Å². The lowest BCUT2D eigenvalue weighted by molar-refractivity contribution is -0.125. The summed E-state index contributed by atoms with van der Waals surface area (Å²) in [5.41, 5.74) is 2.23. The van der Waals surface area contributed by atoms with E-state index in [4.69, 9.17) is 14.2 Å². The van der Waals surface area contributed by atoms with Crippen molar-refractivity contribution in [1.29, 1.82) is 0 Å². The van der Waals surface area contributed by atoms with Crippen LogP contribution in [0.15, 0.2) is 42.6 Å². The molecule has 4 bridgehead atoms. The summed E-state index contributed by atoms with van der Waals surface area (Å²) in [5.74, 6) is -0.406. The number of halogens is 1. The molecule has 2 fully saturated rings. The molecule has 1 aliphatic carbocycles. The third-order valence-electron chi connectivity index (χ3n) is 8.55. The normalized spacial score (nSPS) is 21.3. The smallest absolute Gasteiger partial charge is 0.258 e. The van der Waals surface area contributed by atoms with Gasteiger partial charge in [-0.1, -0.05) is 19.3 Å². The Morgan fingerprint density at radius 2 is 1.93 bits per heavy atom. The summed E-state index contributed by atoms with van der Waals surface area (Å²) in [6.07, 6.45) is 6.92. The first-order chi connectivity index (χ1) is 21.4. The number of fused-ring (bicyclic) bond motifs is 5. The Kier molecular flexibility index (Phi) is 8.67. The van der Waals surface area contributed by atoms with Crippen molar-refractivity contribution in [2.45, 2.75) is 63.1 Å². The van der Waals surface area contributed by atoms with Crippen molar-refractivity contribution in [1.82, 2.24) is 25.7 Å². The van der Waals surface area contributed by atoms with Gasteiger partial charge in [0.15, 0.2) is 18.1 Å². The molecule has 6 rings (SSSR count). The number of nitrogens with one attached hydrogen (secondary N) is 3. The van der Waals surface area contributed by atoms with Crippen LogP contribution in [0.3, 0.4) is 0 Å². The summed E-state index contributed by atoms with van der Waals surface area (Å²) in [6, 6.07) is 8.29. The fraction of sp³-hybridized carbons (Fsp3) is 0.438. The molecule has 1 saturated heterocycles. The largest absolute Gasteiger partial charge is 0.493 e. The number of ether oxygens (including phenoxy) is 3. The number of aromatic nitrogens is 2. The van der Waals surface area contributed by atoms with Gasteiger partial charge >= 0.3 is 0 Å². The van der Waals surface area contributed by atoms with Crippen molar-refractivity contribution in [3.63, 3.8) is 0 Å². The molecule has 2 aliphatic heterocycles. The number of carbonyl (C=O) groups excluding carboxylic acids is 3. The summed E-state index contributed by atoms with van der Waals surface area (Å²) in [4.78, 5) is 41.5. The number of nitrogens with zero attached hydrogens (tertiary/aromatic N) is 2. The predicted molar refractivity (Wildman–Crippen MR) is 157 cm³/mol. The quantitative estimate of drug-likeness (QED) is 0.414. The number of carbonyl (C=O) groups is 3. The highest BCUT2D eigenvalue weighted by Crippen LogP contribution is 2.34. The van der Waals surface area contributed by atoms with Gasteiger partial charge in [0.2, 0.25) is 0 Å². The van der Waals surface area contributed by atoms with E-state index < -0.39 is 29.8 Å². The summed E-state index contributed by atoms with van der Waals surface area (Å²) in [5, 5.41) is 13.0. The van der Waals surface area contributed by atoms with Gasteiger partial charge in [0.25, 0.3) is 17.7 Å². The molecule has 0 unspecified atom stereocenters. The van der Waals surface area contributed by atoms with Crippen molar-refractivity contribution in [3.8, 4) is 17.2 Å². The molecule has 11 nitrogen and oxygen atoms in total. The number of hydrogen-bond donors (Lipinski definition) is 3. The van der Waals surface area contributed by atoms with E-state index in [0.717, 1.165) is 31.4 Å². The molecule has 3 amide bonds. The molecule has 0 radical (unpaired) electrons. The number of rotatable bonds is 3. The second-order valence-corrected chi connectivity index (χ2v) is 11.5. The standard InChI is InChI=1S/C32H36FN5O6/c1-42-27-8-7-21-13-28(27)43-18-29(39)36-25-17-38(32(41)24-16-35-37-30(24)20-5-3-2-4-6-20)10-9-26(25)44-23-12-19(11-22(33)14-23)15-34-31(21)40/h7-8,11-14,16,20,25-26H,2-6,9-10,15,17-18H2,1H3,(H,34,40)(H,35,37)(H,36,39)/t25-,26+/m1/s1. The molecular formula is C32H36FN5O6. The Morgan fingerprint density at radius 1 is 1.09 bits per heavy atom. The summed E-state index contributed by atoms with van der Waals surface area (Å²) >= 11 is 0. The van der Waals surface area contributed by atoms with E-state index in [1.807, 2.05) is 0 Å². The monoisotopic (exact) mass is 605 g/mol. The minimum atomic E-state index is -0.610. The van der Waals surface area contributed by atoms with Gasteiger partial charge in [0, 0.05) is 43.6 Å². The first-order valence-electron chi connectivity index (χ1n) is 15.0. The minimum absolute atomic E-state index is 0.0658. The molecule has 3 aliphatic rings. The average molecular weight is 606 g/mol. The molecule has 44 heavy (non-hydrogen) atoms. The Balaban J connectivity index is 1.26. The summed E-state index contributed by atoms with van der Waals surface area (Å²) < 4.78 is 32.0. The number of hydrogen-bond acceptors (Lipinski definition) is 7. The Bertz CT molecular complexity index is 1540. The lowest BCUT2D eigenvalue weighted by Crippen LogP contribution is -2.58. The van der Waals surface area contributed by atoms with Gasteiger partial charge < -0.3 is 29.7 Å². The van der Waals surface area contributed by atoms with E-state index in [1.165, 1.54) is 31.7 Å². The van der Waals surface area contributed by atoms with Crippen LogP contribution in [0.5, 0.6) is 17.2 Å². The van der Waals surface area contributed by atoms with Crippen LogP contribution < -0.4 is 24.8 Å². The minimum Gasteiger partial charge on any atom is -0.493 e. The summed E-state index contributed by atoms with van der Waals surface area (Å²) in [6.45, 7) is 0.262. The Hall–Kier alpha value is -4.61. The molecule has 1 saturated carbocycles. The lowest BCUT2D eigenvalue weighted by Gasteiger charge is -2.39. The molecule has 2 aromatic carbocycles. The highest BCUT2D eigenvalue weighted by Gasteiger charge is 2.36. The third-order valence-corrected chi connectivity index (χ3v) is 8.55. The number of methoxy groups -OCH3 is 1. The molecule has 12 heteroatoms. The van der Waals surface area contributed by atoms with Gasteiger partial charge in [-0.15, -0.1) is 0 Å². The number of H-pyrrole nitrogens is 1. The van der Waals surface area contributed by atoms with Crippen LogP contribution >= 0.6 is 0 Å². The zero-order valence-corrected chi connectivity index (χ0v) is 24.6. The van der Waals surface area contributed by atoms with Crippen LogP contribution in [-0.2, 0) is 11.3 Å². The number of benzene rings is 2. The molecule has 2 atom stereocenters. The Labute approximate surface area is 254 Å². The van der Waals surface area contributed by atoms with Gasteiger partial charge in [0.1, 0.15) is 17.7 Å². The highest BCUT2D eigenvalue weighted by atomic mass is 19.1. The van der Waals surface area contributed by atoms with E-state index in [-0.39, 0.29) is 48.6 Å². The van der Waals surface area contributed by atoms with Crippen molar-refractivity contribution in [2.24, 2.45) is 0 Å². The van der Waals surface area contributed by atoms with Gasteiger partial charge in [-0.2, -0.15) is 5.10 Å². The lowest BCUT2D eigenvalue weighted by atomic mass is 9.85. The number of amides is 3. The van der Waals surface area contributed by atoms with Gasteiger partial charge in [-0.25, -0.2) is 4.39 Å². The van der Waals surface area contributed by atoms with Crippen LogP contribution in [0.1, 0.15) is 76.4 Å². The maximum absolute atomic E-state index is 14.6. The van der Waals surface area contributed by atoms with E-state index in [2.05, 4.69) is 20.8 Å². The maximum Gasteiger partial charge on any atom is 0.258 e. The second kappa shape index (κ2) is 12.9. The molecular weight excluding hydrogens is 569 g/mol. The van der Waals surface area contributed by atoms with Crippen molar-refractivity contribution in [3.05, 3.63) is 70.8 Å². The third kappa shape index (κ3) is 6.48. The van der Waals surface area contributed by atoms with E-state index >= 15 is 0 Å². The summed E-state index contributed by atoms with van der Waals surface area (Å²) in [7, 11) is 1.46. The van der Waals surface area contributed by atoms with E-state index in [0.29, 0.717) is 29.8 Å². The number of likely N-dealkylation sites (tertiary alicyclic amines) is 1. The van der Waals surface area contributed by atoms with Gasteiger partial charge in [0.05, 0.1) is 30.6 Å². The second-order valence-electron chi connectivity index (χ2n) is 11.5.